The molecular weight excluding hydrogens is 212 g/mol. The topological polar surface area (TPSA) is 38.1 Å². The summed E-state index contributed by atoms with van der Waals surface area (Å²) in [6, 6.07) is 10.2. The summed E-state index contributed by atoms with van der Waals surface area (Å²) in [4.78, 5) is 4.67. The number of hydrogen-bond donors (Lipinski definition) is 1. The summed E-state index contributed by atoms with van der Waals surface area (Å²) in [5, 5.41) is 9.21. The summed E-state index contributed by atoms with van der Waals surface area (Å²) < 4.78 is 2.19. The van der Waals surface area contributed by atoms with E-state index in [9.17, 15) is 5.11 Å². The predicted octanol–water partition coefficient (Wildman–Crippen LogP) is 2.10. The zero-order valence-electron chi connectivity index (χ0n) is 9.71. The minimum atomic E-state index is 0.276. The van der Waals surface area contributed by atoms with E-state index >= 15 is 0 Å². The average Bonchev–Trinajstić information content (AvgIpc) is 2.82. The standard InChI is InChI=1S/C14H16N2O/c17-10-11-6-7-14-15-13(9-16(14)8-11)12-4-2-1-3-5-12/h1-5,9,11,17H,6-8,10H2. The van der Waals surface area contributed by atoms with Gasteiger partial charge in [-0.05, 0) is 6.42 Å². The molecule has 0 saturated carbocycles. The van der Waals surface area contributed by atoms with Crippen LogP contribution in [-0.4, -0.2) is 21.3 Å². The summed E-state index contributed by atoms with van der Waals surface area (Å²) in [5.74, 6) is 1.54. The van der Waals surface area contributed by atoms with Crippen molar-refractivity contribution in [1.82, 2.24) is 9.55 Å². The van der Waals surface area contributed by atoms with Gasteiger partial charge in [-0.2, -0.15) is 0 Å². The minimum absolute atomic E-state index is 0.276. The molecule has 0 radical (unpaired) electrons. The van der Waals surface area contributed by atoms with Gasteiger partial charge < -0.3 is 9.67 Å². The second-order valence-electron chi connectivity index (χ2n) is 4.65. The lowest BCUT2D eigenvalue weighted by molar-refractivity contribution is 0.190. The van der Waals surface area contributed by atoms with E-state index in [1.165, 1.54) is 0 Å². The highest BCUT2D eigenvalue weighted by molar-refractivity contribution is 5.58. The average molecular weight is 228 g/mol. The second kappa shape index (κ2) is 4.34. The Morgan fingerprint density at radius 1 is 1.29 bits per heavy atom. The number of aliphatic hydroxyl groups is 1. The molecule has 0 bridgehead atoms. The third kappa shape index (κ3) is 1.98. The number of hydrogen-bond acceptors (Lipinski definition) is 2. The molecule has 1 aliphatic heterocycles. The Morgan fingerprint density at radius 3 is 2.88 bits per heavy atom. The van der Waals surface area contributed by atoms with Crippen molar-refractivity contribution in [2.24, 2.45) is 5.92 Å². The van der Waals surface area contributed by atoms with Crippen LogP contribution in [0.2, 0.25) is 0 Å². The van der Waals surface area contributed by atoms with Gasteiger partial charge in [0.25, 0.3) is 0 Å². The fourth-order valence-electron chi connectivity index (χ4n) is 2.41. The number of aryl methyl sites for hydroxylation is 1. The number of aromatic nitrogens is 2. The number of fused-ring (bicyclic) bond motifs is 1. The van der Waals surface area contributed by atoms with E-state index in [-0.39, 0.29) is 6.61 Å². The van der Waals surface area contributed by atoms with Crippen LogP contribution in [0.3, 0.4) is 0 Å². The summed E-state index contributed by atoms with van der Waals surface area (Å²) in [7, 11) is 0. The maximum atomic E-state index is 9.21. The van der Waals surface area contributed by atoms with Gasteiger partial charge in [0.05, 0.1) is 5.69 Å². The molecule has 1 atom stereocenters. The van der Waals surface area contributed by atoms with Crippen molar-refractivity contribution >= 4 is 0 Å². The zero-order chi connectivity index (χ0) is 11.7. The number of aliphatic hydroxyl groups excluding tert-OH is 1. The lowest BCUT2D eigenvalue weighted by Gasteiger charge is -2.21. The lowest BCUT2D eigenvalue weighted by Crippen LogP contribution is -2.22. The van der Waals surface area contributed by atoms with Crippen LogP contribution in [0.25, 0.3) is 11.3 Å². The molecule has 0 fully saturated rings. The Kier molecular flexibility index (Phi) is 2.69. The van der Waals surface area contributed by atoms with Crippen LogP contribution in [0, 0.1) is 5.92 Å². The van der Waals surface area contributed by atoms with Crippen molar-refractivity contribution in [2.45, 2.75) is 19.4 Å². The molecule has 3 heteroatoms. The number of imidazole rings is 1. The summed E-state index contributed by atoms with van der Waals surface area (Å²) >= 11 is 0. The Bertz CT molecular complexity index is 504. The Morgan fingerprint density at radius 2 is 2.12 bits per heavy atom. The number of rotatable bonds is 2. The first-order valence-corrected chi connectivity index (χ1v) is 6.09. The first kappa shape index (κ1) is 10.5. The molecule has 0 aliphatic carbocycles. The quantitative estimate of drug-likeness (QED) is 0.854. The molecule has 88 valence electrons. The highest BCUT2D eigenvalue weighted by Crippen LogP contribution is 2.24. The Hall–Kier alpha value is -1.61. The van der Waals surface area contributed by atoms with Gasteiger partial charge in [0.15, 0.2) is 0 Å². The van der Waals surface area contributed by atoms with Gasteiger partial charge in [0, 0.05) is 37.3 Å². The first-order valence-electron chi connectivity index (χ1n) is 6.09. The third-order valence-corrected chi connectivity index (χ3v) is 3.42. The van der Waals surface area contributed by atoms with Crippen LogP contribution in [0.15, 0.2) is 36.5 Å². The number of nitrogens with zero attached hydrogens (tertiary/aromatic N) is 2. The van der Waals surface area contributed by atoms with Crippen LogP contribution in [0.1, 0.15) is 12.2 Å². The van der Waals surface area contributed by atoms with Gasteiger partial charge in [0.1, 0.15) is 5.82 Å². The Labute approximate surface area is 101 Å². The van der Waals surface area contributed by atoms with Crippen LogP contribution in [0.5, 0.6) is 0 Å². The van der Waals surface area contributed by atoms with Crippen LogP contribution < -0.4 is 0 Å². The molecule has 17 heavy (non-hydrogen) atoms. The van der Waals surface area contributed by atoms with E-state index in [1.807, 2.05) is 18.2 Å². The summed E-state index contributed by atoms with van der Waals surface area (Å²) in [5.41, 5.74) is 2.20. The fraction of sp³-hybridized carbons (Fsp3) is 0.357. The second-order valence-corrected chi connectivity index (χ2v) is 4.65. The molecule has 2 aromatic rings. The molecule has 3 nitrogen and oxygen atoms in total. The van der Waals surface area contributed by atoms with E-state index in [2.05, 4.69) is 27.9 Å². The molecule has 1 aliphatic rings. The van der Waals surface area contributed by atoms with E-state index in [0.29, 0.717) is 5.92 Å². The monoisotopic (exact) mass is 228 g/mol. The van der Waals surface area contributed by atoms with E-state index in [4.69, 9.17) is 0 Å². The normalized spacial score (nSPS) is 19.0. The first-order chi connectivity index (χ1) is 8.36. The van der Waals surface area contributed by atoms with Crippen molar-refractivity contribution in [2.75, 3.05) is 6.61 Å². The molecule has 3 rings (SSSR count). The van der Waals surface area contributed by atoms with Crippen LogP contribution >= 0.6 is 0 Å². The SMILES string of the molecule is OCC1CCc2nc(-c3ccccc3)cn2C1. The molecule has 0 amide bonds. The highest BCUT2D eigenvalue weighted by Gasteiger charge is 2.19. The van der Waals surface area contributed by atoms with Gasteiger partial charge in [-0.1, -0.05) is 30.3 Å². The molecule has 1 aromatic carbocycles. The van der Waals surface area contributed by atoms with Crippen molar-refractivity contribution in [3.8, 4) is 11.3 Å². The predicted molar refractivity (Wildman–Crippen MR) is 66.6 cm³/mol. The van der Waals surface area contributed by atoms with Crippen molar-refractivity contribution in [3.63, 3.8) is 0 Å². The smallest absolute Gasteiger partial charge is 0.109 e. The maximum absolute atomic E-state index is 9.21. The Balaban J connectivity index is 1.93. The molecule has 1 aromatic heterocycles. The molecule has 1 unspecified atom stereocenters. The van der Waals surface area contributed by atoms with Gasteiger partial charge in [-0.3, -0.25) is 0 Å². The number of benzene rings is 1. The fourth-order valence-corrected chi connectivity index (χ4v) is 2.41. The molecule has 0 saturated heterocycles. The molecule has 0 spiro atoms. The van der Waals surface area contributed by atoms with Crippen LogP contribution in [-0.2, 0) is 13.0 Å². The third-order valence-electron chi connectivity index (χ3n) is 3.42. The molecule has 1 N–H and O–H groups in total. The van der Waals surface area contributed by atoms with Gasteiger partial charge in [-0.15, -0.1) is 0 Å². The summed E-state index contributed by atoms with van der Waals surface area (Å²) in [6.07, 6.45) is 4.12. The van der Waals surface area contributed by atoms with E-state index < -0.39 is 0 Å². The zero-order valence-corrected chi connectivity index (χ0v) is 9.71. The molecular formula is C14H16N2O. The van der Waals surface area contributed by atoms with Crippen molar-refractivity contribution < 1.29 is 5.11 Å². The van der Waals surface area contributed by atoms with Crippen molar-refractivity contribution in [1.29, 1.82) is 0 Å². The van der Waals surface area contributed by atoms with E-state index in [1.54, 1.807) is 0 Å². The molecule has 2 heterocycles. The van der Waals surface area contributed by atoms with E-state index in [0.717, 1.165) is 36.5 Å². The summed E-state index contributed by atoms with van der Waals surface area (Å²) in [6.45, 7) is 1.17. The van der Waals surface area contributed by atoms with Gasteiger partial charge in [-0.25, -0.2) is 4.98 Å². The lowest BCUT2D eigenvalue weighted by atomic mass is 10.0. The van der Waals surface area contributed by atoms with Crippen molar-refractivity contribution in [3.05, 3.63) is 42.4 Å². The maximum Gasteiger partial charge on any atom is 0.109 e. The minimum Gasteiger partial charge on any atom is -0.396 e. The van der Waals surface area contributed by atoms with Crippen LogP contribution in [0.4, 0.5) is 0 Å². The van der Waals surface area contributed by atoms with Gasteiger partial charge in [0.2, 0.25) is 0 Å². The van der Waals surface area contributed by atoms with Gasteiger partial charge >= 0.3 is 0 Å². The largest absolute Gasteiger partial charge is 0.396 e. The highest BCUT2D eigenvalue weighted by atomic mass is 16.3.